The van der Waals surface area contributed by atoms with Crippen LogP contribution in [0.4, 0.5) is 0 Å². The van der Waals surface area contributed by atoms with Gasteiger partial charge in [0.1, 0.15) is 5.75 Å². The third kappa shape index (κ3) is 5.36. The fraction of sp³-hybridized carbons (Fsp3) is 0.143. The zero-order valence-corrected chi connectivity index (χ0v) is 15.9. The molecule has 0 fully saturated rings. The van der Waals surface area contributed by atoms with Crippen LogP contribution in [0.3, 0.4) is 0 Å². The van der Waals surface area contributed by atoms with Gasteiger partial charge in [-0.2, -0.15) is 0 Å². The minimum Gasteiger partial charge on any atom is -0.480 e. The topological polar surface area (TPSA) is 52.6 Å². The van der Waals surface area contributed by atoms with Crippen LogP contribution in [0.1, 0.15) is 9.67 Å². The molecule has 1 aromatic heterocycles. The van der Waals surface area contributed by atoms with Crippen molar-refractivity contribution in [3.05, 3.63) is 48.0 Å². The first-order valence-corrected chi connectivity index (χ1v) is 8.82. The van der Waals surface area contributed by atoms with Gasteiger partial charge in [-0.15, -0.1) is 11.3 Å². The Labute approximate surface area is 159 Å². The van der Waals surface area contributed by atoms with Gasteiger partial charge in [-0.1, -0.05) is 34.8 Å². The Bertz CT molecular complexity index is 748. The molecule has 0 saturated carbocycles. The van der Waals surface area contributed by atoms with E-state index in [9.17, 15) is 9.59 Å². The van der Waals surface area contributed by atoms with Crippen LogP contribution in [0.2, 0.25) is 15.1 Å². The molecule has 0 unspecified atom stereocenters. The van der Waals surface area contributed by atoms with Crippen molar-refractivity contribution in [3.63, 3.8) is 0 Å². The summed E-state index contributed by atoms with van der Waals surface area (Å²) in [7, 11) is 0. The molecule has 0 radical (unpaired) electrons. The third-order valence-corrected chi connectivity index (χ3v) is 5.21. The van der Waals surface area contributed by atoms with Gasteiger partial charge in [0.15, 0.2) is 13.2 Å². The summed E-state index contributed by atoms with van der Waals surface area (Å²) in [5, 5.41) is 0.740. The molecule has 122 valence electrons. The Balaban J connectivity index is 1.84. The van der Waals surface area contributed by atoms with E-state index in [0.29, 0.717) is 4.88 Å². The maximum Gasteiger partial charge on any atom is 0.344 e. The first-order valence-electron chi connectivity index (χ1n) is 6.08. The predicted octanol–water partition coefficient (Wildman–Crippen LogP) is 5.28. The quantitative estimate of drug-likeness (QED) is 0.336. The largest absolute Gasteiger partial charge is 0.480 e. The highest BCUT2D eigenvalue weighted by Crippen LogP contribution is 2.33. The first kappa shape index (κ1) is 18.5. The normalized spacial score (nSPS) is 10.4. The van der Waals surface area contributed by atoms with Crippen molar-refractivity contribution < 1.29 is 19.1 Å². The number of esters is 1. The summed E-state index contributed by atoms with van der Waals surface area (Å²) in [5.41, 5.74) is 0. The Morgan fingerprint density at radius 1 is 1.04 bits per heavy atom. The van der Waals surface area contributed by atoms with Crippen LogP contribution in [0.15, 0.2) is 28.1 Å². The highest BCUT2D eigenvalue weighted by Gasteiger charge is 2.14. The van der Waals surface area contributed by atoms with Gasteiger partial charge in [0.2, 0.25) is 5.78 Å². The summed E-state index contributed by atoms with van der Waals surface area (Å²) in [4.78, 5) is 23.9. The van der Waals surface area contributed by atoms with Crippen LogP contribution in [-0.4, -0.2) is 25.0 Å². The summed E-state index contributed by atoms with van der Waals surface area (Å²) in [6.45, 7) is -0.761. The molecule has 1 aromatic carbocycles. The lowest BCUT2D eigenvalue weighted by atomic mass is 10.3. The van der Waals surface area contributed by atoms with Crippen LogP contribution in [0.5, 0.6) is 5.75 Å². The fourth-order valence-electron chi connectivity index (χ4n) is 1.47. The molecule has 4 nitrogen and oxygen atoms in total. The van der Waals surface area contributed by atoms with Gasteiger partial charge in [0, 0.05) is 6.07 Å². The number of Topliss-reactive ketones (excluding diaryl/α,β-unsaturated/α-hetero) is 1. The number of benzene rings is 1. The van der Waals surface area contributed by atoms with Crippen LogP contribution in [-0.2, 0) is 9.53 Å². The summed E-state index contributed by atoms with van der Waals surface area (Å²) < 4.78 is 10.9. The molecule has 0 saturated heterocycles. The SMILES string of the molecule is O=C(COc1cc(Cl)c(Cl)cc1Cl)OCC(=O)c1ccc(Br)s1. The second-order valence-corrected chi connectivity index (χ2v) is 7.86. The van der Waals surface area contributed by atoms with E-state index in [1.165, 1.54) is 23.5 Å². The number of carbonyl (C=O) groups excluding carboxylic acids is 2. The van der Waals surface area contributed by atoms with E-state index in [1.54, 1.807) is 12.1 Å². The lowest BCUT2D eigenvalue weighted by molar-refractivity contribution is -0.144. The van der Waals surface area contributed by atoms with Gasteiger partial charge in [0.25, 0.3) is 0 Å². The molecule has 9 heteroatoms. The average molecular weight is 459 g/mol. The third-order valence-electron chi connectivity index (χ3n) is 2.53. The van der Waals surface area contributed by atoms with Crippen molar-refractivity contribution in [3.8, 4) is 5.75 Å². The molecule has 0 aliphatic heterocycles. The number of carbonyl (C=O) groups is 2. The molecule has 0 amide bonds. The lowest BCUT2D eigenvalue weighted by Crippen LogP contribution is -2.19. The smallest absolute Gasteiger partial charge is 0.344 e. The molecule has 0 N–H and O–H groups in total. The van der Waals surface area contributed by atoms with E-state index < -0.39 is 12.6 Å². The predicted molar refractivity (Wildman–Crippen MR) is 94.3 cm³/mol. The summed E-state index contributed by atoms with van der Waals surface area (Å²) >= 11 is 22.1. The molecular weight excluding hydrogens is 450 g/mol. The molecule has 1 heterocycles. The maximum absolute atomic E-state index is 11.8. The zero-order chi connectivity index (χ0) is 17.0. The molecule has 0 spiro atoms. The van der Waals surface area contributed by atoms with Gasteiger partial charge in [-0.05, 0) is 34.1 Å². The molecule has 0 aliphatic carbocycles. The van der Waals surface area contributed by atoms with E-state index in [2.05, 4.69) is 15.9 Å². The number of hydrogen-bond donors (Lipinski definition) is 0. The lowest BCUT2D eigenvalue weighted by Gasteiger charge is -2.09. The number of ether oxygens (including phenoxy) is 2. The number of hydrogen-bond acceptors (Lipinski definition) is 5. The van der Waals surface area contributed by atoms with Crippen LogP contribution >= 0.6 is 62.1 Å². The van der Waals surface area contributed by atoms with E-state index >= 15 is 0 Å². The number of thiophene rings is 1. The van der Waals surface area contributed by atoms with Crippen LogP contribution in [0, 0.1) is 0 Å². The van der Waals surface area contributed by atoms with Crippen LogP contribution in [0.25, 0.3) is 0 Å². The van der Waals surface area contributed by atoms with E-state index in [1.807, 2.05) is 0 Å². The zero-order valence-electron chi connectivity index (χ0n) is 11.3. The average Bonchev–Trinajstić information content (AvgIpc) is 2.93. The van der Waals surface area contributed by atoms with Crippen molar-refractivity contribution >= 4 is 73.8 Å². The second kappa shape index (κ2) is 8.35. The monoisotopic (exact) mass is 456 g/mol. The number of halogens is 4. The number of rotatable bonds is 6. The molecule has 0 bridgehead atoms. The molecule has 2 rings (SSSR count). The van der Waals surface area contributed by atoms with Gasteiger partial charge < -0.3 is 9.47 Å². The van der Waals surface area contributed by atoms with Gasteiger partial charge in [-0.3, -0.25) is 4.79 Å². The molecule has 23 heavy (non-hydrogen) atoms. The Kier molecular flexibility index (Phi) is 6.73. The van der Waals surface area contributed by atoms with Crippen molar-refractivity contribution in [2.24, 2.45) is 0 Å². The summed E-state index contributed by atoms with van der Waals surface area (Å²) in [6.07, 6.45) is 0. The Morgan fingerprint density at radius 3 is 2.39 bits per heavy atom. The van der Waals surface area contributed by atoms with Crippen molar-refractivity contribution in [2.45, 2.75) is 0 Å². The van der Waals surface area contributed by atoms with E-state index in [4.69, 9.17) is 44.3 Å². The molecule has 2 aromatic rings. The maximum atomic E-state index is 11.8. The van der Waals surface area contributed by atoms with Crippen molar-refractivity contribution in [1.82, 2.24) is 0 Å². The molecule has 0 aliphatic rings. The number of ketones is 1. The standard InChI is InChI=1S/C14H8BrCl3O4S/c15-13-2-1-12(23-13)10(19)5-22-14(20)6-21-11-4-8(17)7(16)3-9(11)18/h1-4H,5-6H2. The minimum atomic E-state index is -0.698. The van der Waals surface area contributed by atoms with Gasteiger partial charge in [0.05, 0.1) is 23.7 Å². The summed E-state index contributed by atoms with van der Waals surface area (Å²) in [5.74, 6) is -0.788. The molecule has 0 atom stereocenters. The first-order chi connectivity index (χ1) is 10.9. The Hall–Kier alpha value is -0.790. The Morgan fingerprint density at radius 2 is 1.74 bits per heavy atom. The van der Waals surface area contributed by atoms with E-state index in [-0.39, 0.29) is 33.2 Å². The van der Waals surface area contributed by atoms with Crippen LogP contribution < -0.4 is 4.74 Å². The van der Waals surface area contributed by atoms with Crippen molar-refractivity contribution in [1.29, 1.82) is 0 Å². The van der Waals surface area contributed by atoms with Crippen molar-refractivity contribution in [2.75, 3.05) is 13.2 Å². The fourth-order valence-corrected chi connectivity index (χ4v) is 3.38. The van der Waals surface area contributed by atoms with E-state index in [0.717, 1.165) is 3.79 Å². The molecular formula is C14H8BrCl3O4S. The van der Waals surface area contributed by atoms with Gasteiger partial charge >= 0.3 is 5.97 Å². The minimum absolute atomic E-state index is 0.200. The second-order valence-electron chi connectivity index (χ2n) is 4.17. The summed E-state index contributed by atoms with van der Waals surface area (Å²) in [6, 6.07) is 6.20. The van der Waals surface area contributed by atoms with Gasteiger partial charge in [-0.25, -0.2) is 4.79 Å². The highest BCUT2D eigenvalue weighted by atomic mass is 79.9. The highest BCUT2D eigenvalue weighted by molar-refractivity contribution is 9.11.